The lowest BCUT2D eigenvalue weighted by Crippen LogP contribution is -2.61. The molecule has 1 aromatic carbocycles. The number of aliphatic imine (C=N–C) groups is 1. The lowest BCUT2D eigenvalue weighted by molar-refractivity contribution is -0.120. The Bertz CT molecular complexity index is 1000. The van der Waals surface area contributed by atoms with Crippen molar-refractivity contribution in [1.29, 1.82) is 0 Å². The first-order valence-corrected chi connectivity index (χ1v) is 8.53. The third kappa shape index (κ3) is 2.64. The topological polar surface area (TPSA) is 80.4 Å². The van der Waals surface area contributed by atoms with Crippen LogP contribution in [0.5, 0.6) is 0 Å². The third-order valence-corrected chi connectivity index (χ3v) is 5.22. The lowest BCUT2D eigenvalue weighted by Gasteiger charge is -2.50. The van der Waals surface area contributed by atoms with Crippen molar-refractivity contribution < 1.29 is 22.4 Å². The van der Waals surface area contributed by atoms with Gasteiger partial charge in [-0.15, -0.1) is 0 Å². The van der Waals surface area contributed by atoms with Crippen LogP contribution in [0.1, 0.15) is 35.0 Å². The normalized spacial score (nSPS) is 27.5. The van der Waals surface area contributed by atoms with Gasteiger partial charge in [0.2, 0.25) is 0 Å². The zero-order chi connectivity index (χ0) is 20.3. The molecule has 5 nitrogen and oxygen atoms in total. The van der Waals surface area contributed by atoms with Crippen molar-refractivity contribution in [1.82, 2.24) is 4.98 Å². The standard InChI is InChI=1S/C19H16F4N4O/c1-17(21)9-19(22,23)18(27-16(17)24)7-10-2-4-12(6-13(10)18)26-15(28)14-5-3-11(20)8-25-14/h2-6,8H,7,9H2,1H3,(H2,24,27)(H,26,28)/t17-,18-/m1/s1. The van der Waals surface area contributed by atoms with Gasteiger partial charge >= 0.3 is 0 Å². The molecule has 0 bridgehead atoms. The molecule has 2 aliphatic rings. The highest BCUT2D eigenvalue weighted by atomic mass is 19.3. The number of nitrogens with two attached hydrogens (primary N) is 1. The maximum atomic E-state index is 14.8. The van der Waals surface area contributed by atoms with Crippen LogP contribution in [-0.2, 0) is 12.0 Å². The number of halogens is 4. The van der Waals surface area contributed by atoms with E-state index in [0.717, 1.165) is 19.2 Å². The molecule has 9 heteroatoms. The van der Waals surface area contributed by atoms with Gasteiger partial charge in [0.05, 0.1) is 12.6 Å². The number of pyridine rings is 1. The molecule has 4 rings (SSSR count). The second-order valence-electron chi connectivity index (χ2n) is 7.30. The zero-order valence-electron chi connectivity index (χ0n) is 14.8. The molecule has 2 atom stereocenters. The first-order valence-electron chi connectivity index (χ1n) is 8.53. The quantitative estimate of drug-likeness (QED) is 0.770. The highest BCUT2D eigenvalue weighted by Crippen LogP contribution is 2.57. The molecule has 2 aromatic rings. The molecule has 0 saturated heterocycles. The van der Waals surface area contributed by atoms with E-state index in [1.165, 1.54) is 12.1 Å². The van der Waals surface area contributed by atoms with Crippen molar-refractivity contribution in [2.45, 2.75) is 36.9 Å². The van der Waals surface area contributed by atoms with Crippen molar-refractivity contribution in [3.8, 4) is 0 Å². The zero-order valence-corrected chi connectivity index (χ0v) is 14.8. The first kappa shape index (κ1) is 18.4. The molecular formula is C19H16F4N4O. The molecule has 2 heterocycles. The number of nitrogens with zero attached hydrogens (tertiary/aromatic N) is 2. The predicted octanol–water partition coefficient (Wildman–Crippen LogP) is 3.35. The van der Waals surface area contributed by atoms with Crippen LogP contribution in [0, 0.1) is 5.82 Å². The Morgan fingerprint density at radius 2 is 1.96 bits per heavy atom. The molecule has 1 spiro atoms. The van der Waals surface area contributed by atoms with E-state index < -0.39 is 41.1 Å². The number of carbonyl (C=O) groups excluding carboxylic acids is 1. The van der Waals surface area contributed by atoms with E-state index in [0.29, 0.717) is 5.56 Å². The number of hydrogen-bond acceptors (Lipinski definition) is 4. The summed E-state index contributed by atoms with van der Waals surface area (Å²) >= 11 is 0. The van der Waals surface area contributed by atoms with Gasteiger partial charge in [0.15, 0.2) is 11.2 Å². The number of rotatable bonds is 2. The van der Waals surface area contributed by atoms with Crippen molar-refractivity contribution in [3.05, 3.63) is 59.2 Å². The number of amides is 1. The van der Waals surface area contributed by atoms with Gasteiger partial charge < -0.3 is 11.1 Å². The Kier molecular flexibility index (Phi) is 3.79. The fraction of sp³-hybridized carbons (Fsp3) is 0.316. The summed E-state index contributed by atoms with van der Waals surface area (Å²) in [6.45, 7) is 0.985. The fourth-order valence-electron chi connectivity index (χ4n) is 3.65. The Hall–Kier alpha value is -2.97. The summed E-state index contributed by atoms with van der Waals surface area (Å²) in [5, 5.41) is 2.53. The Morgan fingerprint density at radius 3 is 2.64 bits per heavy atom. The minimum absolute atomic E-state index is 0.0303. The number of aromatic nitrogens is 1. The van der Waals surface area contributed by atoms with Gasteiger partial charge in [-0.05, 0) is 42.3 Å². The monoisotopic (exact) mass is 392 g/mol. The summed E-state index contributed by atoms with van der Waals surface area (Å²) in [5.41, 5.74) is 2.32. The van der Waals surface area contributed by atoms with E-state index in [1.807, 2.05) is 0 Å². The maximum absolute atomic E-state index is 14.8. The van der Waals surface area contributed by atoms with Crippen molar-refractivity contribution in [3.63, 3.8) is 0 Å². The smallest absolute Gasteiger partial charge is 0.280 e. The van der Waals surface area contributed by atoms with E-state index in [2.05, 4.69) is 15.3 Å². The highest BCUT2D eigenvalue weighted by Gasteiger charge is 2.66. The second-order valence-corrected chi connectivity index (χ2v) is 7.30. The van der Waals surface area contributed by atoms with Gasteiger partial charge in [-0.1, -0.05) is 6.07 Å². The van der Waals surface area contributed by atoms with Crippen LogP contribution in [0.3, 0.4) is 0 Å². The summed E-state index contributed by atoms with van der Waals surface area (Å²) in [6, 6.07) is 6.82. The molecule has 146 valence electrons. The average Bonchev–Trinajstić information content (AvgIpc) is 2.59. The molecule has 0 unspecified atom stereocenters. The number of alkyl halides is 3. The number of hydrogen-bond donors (Lipinski definition) is 2. The molecule has 0 fully saturated rings. The van der Waals surface area contributed by atoms with Crippen LogP contribution in [0.25, 0.3) is 0 Å². The molecule has 3 N–H and O–H groups in total. The van der Waals surface area contributed by atoms with E-state index in [4.69, 9.17) is 5.73 Å². The van der Waals surface area contributed by atoms with E-state index in [1.54, 1.807) is 12.1 Å². The van der Waals surface area contributed by atoms with Crippen molar-refractivity contribution in [2.24, 2.45) is 10.7 Å². The van der Waals surface area contributed by atoms with Crippen molar-refractivity contribution in [2.75, 3.05) is 5.32 Å². The molecule has 1 aliphatic heterocycles. The number of amidine groups is 1. The number of carbonyl (C=O) groups is 1. The van der Waals surface area contributed by atoms with Crippen LogP contribution in [0.4, 0.5) is 23.2 Å². The summed E-state index contributed by atoms with van der Waals surface area (Å²) in [6.07, 6.45) is -0.236. The molecule has 28 heavy (non-hydrogen) atoms. The van der Waals surface area contributed by atoms with E-state index in [9.17, 15) is 22.4 Å². The van der Waals surface area contributed by atoms with Gasteiger partial charge in [0.25, 0.3) is 11.8 Å². The SMILES string of the molecule is C[C@@]1(F)CC(F)(F)[C@]2(Cc3ccc(NC(=O)c4ccc(F)cn4)cc32)N=C1N. The van der Waals surface area contributed by atoms with Gasteiger partial charge in [0.1, 0.15) is 17.3 Å². The molecule has 0 saturated carbocycles. The van der Waals surface area contributed by atoms with Gasteiger partial charge in [-0.25, -0.2) is 22.5 Å². The maximum Gasteiger partial charge on any atom is 0.280 e. The van der Waals surface area contributed by atoms with E-state index >= 15 is 0 Å². The molecule has 1 aromatic heterocycles. The summed E-state index contributed by atoms with van der Waals surface area (Å²) in [5.74, 6) is -5.11. The van der Waals surface area contributed by atoms with Crippen LogP contribution in [0.2, 0.25) is 0 Å². The Labute approximate surface area is 157 Å². The molecule has 1 amide bonds. The molecule has 1 aliphatic carbocycles. The van der Waals surface area contributed by atoms with Crippen molar-refractivity contribution >= 4 is 17.4 Å². The second kappa shape index (κ2) is 5.76. The Morgan fingerprint density at radius 1 is 1.21 bits per heavy atom. The van der Waals surface area contributed by atoms with Gasteiger partial charge in [-0.2, -0.15) is 0 Å². The number of nitrogens with one attached hydrogen (secondary N) is 1. The Balaban J connectivity index is 1.66. The number of benzene rings is 1. The number of anilines is 1. The highest BCUT2D eigenvalue weighted by molar-refractivity contribution is 6.03. The van der Waals surface area contributed by atoms with Gasteiger partial charge in [0, 0.05) is 12.1 Å². The van der Waals surface area contributed by atoms with Crippen LogP contribution >= 0.6 is 0 Å². The third-order valence-electron chi connectivity index (χ3n) is 5.22. The van der Waals surface area contributed by atoms with Crippen LogP contribution < -0.4 is 11.1 Å². The molecular weight excluding hydrogens is 376 g/mol. The van der Waals surface area contributed by atoms with Gasteiger partial charge in [-0.3, -0.25) is 9.79 Å². The first-order chi connectivity index (χ1) is 13.0. The van der Waals surface area contributed by atoms with Crippen LogP contribution in [0.15, 0.2) is 41.5 Å². The number of fused-ring (bicyclic) bond motifs is 2. The largest absolute Gasteiger partial charge is 0.385 e. The summed E-state index contributed by atoms with van der Waals surface area (Å²) < 4.78 is 56.8. The summed E-state index contributed by atoms with van der Waals surface area (Å²) in [4.78, 5) is 19.8. The minimum Gasteiger partial charge on any atom is -0.385 e. The predicted molar refractivity (Wildman–Crippen MR) is 94.7 cm³/mol. The lowest BCUT2D eigenvalue weighted by atomic mass is 9.63. The minimum atomic E-state index is -3.44. The summed E-state index contributed by atoms with van der Waals surface area (Å²) in [7, 11) is 0. The molecule has 0 radical (unpaired) electrons. The average molecular weight is 392 g/mol. The fourth-order valence-corrected chi connectivity index (χ4v) is 3.65. The van der Waals surface area contributed by atoms with Crippen LogP contribution in [-0.4, -0.2) is 28.3 Å². The van der Waals surface area contributed by atoms with E-state index in [-0.39, 0.29) is 23.4 Å².